The molecule has 0 aromatic heterocycles. The maximum absolute atomic E-state index is 12.3. The number of ether oxygens (including phenoxy) is 1. The van der Waals surface area contributed by atoms with Crippen LogP contribution in [0.2, 0.25) is 0 Å². The van der Waals surface area contributed by atoms with Gasteiger partial charge in [-0.05, 0) is 24.6 Å². The summed E-state index contributed by atoms with van der Waals surface area (Å²) >= 11 is 0. The van der Waals surface area contributed by atoms with E-state index in [1.54, 1.807) is 6.07 Å². The Kier molecular flexibility index (Phi) is 7.86. The van der Waals surface area contributed by atoms with E-state index in [2.05, 4.69) is 23.9 Å². The number of rotatable bonds is 10. The summed E-state index contributed by atoms with van der Waals surface area (Å²) in [6.45, 7) is 6.20. The molecule has 1 aliphatic heterocycles. The lowest BCUT2D eigenvalue weighted by Gasteiger charge is -2.16. The molecule has 6 heteroatoms. The molecule has 0 fully saturated rings. The Labute approximate surface area is 154 Å². The number of nitrogens with one attached hydrogen (secondary N) is 1. The standard InChI is InChI=1S/C20H27N3O3/c1-3-5-6-7-8-11-14-26-17-13-10-9-12-16(17)23-20(25)15-18(22-23)21-19(24)4-2/h4,9-10,12-13H,2-3,5-8,11,14-15H2,1H3,(H,21,22,24). The van der Waals surface area contributed by atoms with Crippen LogP contribution in [-0.2, 0) is 9.59 Å². The van der Waals surface area contributed by atoms with Gasteiger partial charge in [0.05, 0.1) is 13.0 Å². The number of hydrazone groups is 1. The fourth-order valence-electron chi connectivity index (χ4n) is 2.70. The average molecular weight is 357 g/mol. The fraction of sp³-hybridized carbons (Fsp3) is 0.450. The summed E-state index contributed by atoms with van der Waals surface area (Å²) in [5.41, 5.74) is 0.589. The van der Waals surface area contributed by atoms with Gasteiger partial charge in [-0.2, -0.15) is 10.1 Å². The minimum atomic E-state index is -0.383. The largest absolute Gasteiger partial charge is 0.491 e. The minimum Gasteiger partial charge on any atom is -0.491 e. The second-order valence-corrected chi connectivity index (χ2v) is 6.21. The van der Waals surface area contributed by atoms with Gasteiger partial charge < -0.3 is 10.1 Å². The van der Waals surface area contributed by atoms with E-state index < -0.39 is 0 Å². The van der Waals surface area contributed by atoms with E-state index in [4.69, 9.17) is 4.74 Å². The van der Waals surface area contributed by atoms with Crippen LogP contribution in [0, 0.1) is 0 Å². The first-order chi connectivity index (χ1) is 12.7. The molecule has 0 aliphatic carbocycles. The van der Waals surface area contributed by atoms with Gasteiger partial charge >= 0.3 is 0 Å². The van der Waals surface area contributed by atoms with E-state index in [-0.39, 0.29) is 18.2 Å². The molecule has 2 amide bonds. The van der Waals surface area contributed by atoms with Crippen LogP contribution in [0.3, 0.4) is 0 Å². The number of para-hydroxylation sites is 2. The van der Waals surface area contributed by atoms with Crippen LogP contribution in [0.25, 0.3) is 0 Å². The monoisotopic (exact) mass is 357 g/mol. The Hall–Kier alpha value is -2.63. The quantitative estimate of drug-likeness (QED) is 0.512. The van der Waals surface area contributed by atoms with Gasteiger partial charge in [0, 0.05) is 0 Å². The van der Waals surface area contributed by atoms with Crippen LogP contribution < -0.4 is 15.1 Å². The number of carbonyl (C=O) groups is 2. The van der Waals surface area contributed by atoms with Crippen molar-refractivity contribution in [3.05, 3.63) is 36.9 Å². The third-order valence-corrected chi connectivity index (χ3v) is 4.08. The van der Waals surface area contributed by atoms with Gasteiger partial charge in [-0.25, -0.2) is 0 Å². The molecule has 0 saturated carbocycles. The van der Waals surface area contributed by atoms with Gasteiger partial charge in [-0.3, -0.25) is 9.59 Å². The van der Waals surface area contributed by atoms with E-state index in [0.717, 1.165) is 18.9 Å². The molecule has 1 heterocycles. The minimum absolute atomic E-state index is 0.0470. The second kappa shape index (κ2) is 10.4. The Morgan fingerprint density at radius 3 is 2.77 bits per heavy atom. The van der Waals surface area contributed by atoms with E-state index in [1.807, 2.05) is 18.2 Å². The average Bonchev–Trinajstić information content (AvgIpc) is 3.01. The summed E-state index contributed by atoms with van der Waals surface area (Å²) in [6.07, 6.45) is 8.32. The van der Waals surface area contributed by atoms with Crippen molar-refractivity contribution in [1.29, 1.82) is 0 Å². The first-order valence-electron chi connectivity index (χ1n) is 9.21. The molecule has 0 atom stereocenters. The zero-order valence-electron chi connectivity index (χ0n) is 15.4. The number of carbonyl (C=O) groups excluding carboxylic acids is 2. The fourth-order valence-corrected chi connectivity index (χ4v) is 2.70. The second-order valence-electron chi connectivity index (χ2n) is 6.21. The smallest absolute Gasteiger partial charge is 0.255 e. The summed E-state index contributed by atoms with van der Waals surface area (Å²) < 4.78 is 5.88. The third kappa shape index (κ3) is 5.72. The highest BCUT2D eigenvalue weighted by Gasteiger charge is 2.28. The van der Waals surface area contributed by atoms with Crippen molar-refractivity contribution in [2.45, 2.75) is 51.9 Å². The highest BCUT2D eigenvalue weighted by atomic mass is 16.5. The van der Waals surface area contributed by atoms with Gasteiger partial charge in [0.15, 0.2) is 0 Å². The third-order valence-electron chi connectivity index (χ3n) is 4.08. The molecule has 140 valence electrons. The van der Waals surface area contributed by atoms with Gasteiger partial charge in [0.25, 0.3) is 5.91 Å². The number of amidine groups is 1. The molecule has 1 aromatic carbocycles. The molecular formula is C20H27N3O3. The van der Waals surface area contributed by atoms with Crippen LogP contribution in [0.5, 0.6) is 5.75 Å². The summed E-state index contributed by atoms with van der Waals surface area (Å²) in [7, 11) is 0. The van der Waals surface area contributed by atoms with Gasteiger partial charge in [-0.15, -0.1) is 0 Å². The molecule has 1 aromatic rings. The topological polar surface area (TPSA) is 71.0 Å². The molecule has 0 radical (unpaired) electrons. The van der Waals surface area contributed by atoms with E-state index in [9.17, 15) is 9.59 Å². The maximum Gasteiger partial charge on any atom is 0.255 e. The summed E-state index contributed by atoms with van der Waals surface area (Å²) in [5, 5.41) is 8.04. The normalized spacial score (nSPS) is 13.5. The van der Waals surface area contributed by atoms with E-state index in [0.29, 0.717) is 23.9 Å². The lowest BCUT2D eigenvalue weighted by atomic mass is 10.1. The van der Waals surface area contributed by atoms with E-state index in [1.165, 1.54) is 30.7 Å². The number of nitrogens with zero attached hydrogens (tertiary/aromatic N) is 2. The summed E-state index contributed by atoms with van der Waals surface area (Å²) in [6, 6.07) is 7.31. The van der Waals surface area contributed by atoms with Crippen molar-refractivity contribution in [3.63, 3.8) is 0 Å². The summed E-state index contributed by atoms with van der Waals surface area (Å²) in [4.78, 5) is 23.7. The predicted octanol–water partition coefficient (Wildman–Crippen LogP) is 3.78. The number of hydrogen-bond donors (Lipinski definition) is 1. The molecule has 2 rings (SSSR count). The van der Waals surface area contributed by atoms with Crippen molar-refractivity contribution in [2.75, 3.05) is 11.6 Å². The highest BCUT2D eigenvalue weighted by molar-refractivity contribution is 6.17. The molecule has 0 bridgehead atoms. The van der Waals surface area contributed by atoms with Gasteiger partial charge in [0.2, 0.25) is 5.91 Å². The van der Waals surface area contributed by atoms with Crippen molar-refractivity contribution >= 4 is 23.3 Å². The molecule has 1 aliphatic rings. The first kappa shape index (κ1) is 19.7. The van der Waals surface area contributed by atoms with Crippen LogP contribution in [0.1, 0.15) is 51.9 Å². The SMILES string of the molecule is C=CC(=O)NC1=NN(c2ccccc2OCCCCCCCC)C(=O)C1. The number of hydrogen-bond acceptors (Lipinski definition) is 4. The highest BCUT2D eigenvalue weighted by Crippen LogP contribution is 2.31. The molecule has 0 unspecified atom stereocenters. The zero-order chi connectivity index (χ0) is 18.8. The first-order valence-corrected chi connectivity index (χ1v) is 9.21. The summed E-state index contributed by atoms with van der Waals surface area (Å²) in [5.74, 6) is 0.339. The number of amides is 2. The lowest BCUT2D eigenvalue weighted by molar-refractivity contribution is -0.116. The Bertz CT molecular complexity index is 670. The Morgan fingerprint density at radius 1 is 1.27 bits per heavy atom. The Balaban J connectivity index is 1.94. The van der Waals surface area contributed by atoms with Crippen LogP contribution >= 0.6 is 0 Å². The number of unbranched alkanes of at least 4 members (excludes halogenated alkanes) is 5. The lowest BCUT2D eigenvalue weighted by Crippen LogP contribution is -2.27. The maximum atomic E-state index is 12.3. The van der Waals surface area contributed by atoms with E-state index >= 15 is 0 Å². The van der Waals surface area contributed by atoms with Crippen molar-refractivity contribution in [1.82, 2.24) is 5.32 Å². The molecule has 0 saturated heterocycles. The van der Waals surface area contributed by atoms with Crippen LogP contribution in [0.4, 0.5) is 5.69 Å². The predicted molar refractivity (Wildman–Crippen MR) is 103 cm³/mol. The Morgan fingerprint density at radius 2 is 2.00 bits per heavy atom. The number of benzene rings is 1. The molecular weight excluding hydrogens is 330 g/mol. The molecule has 6 nitrogen and oxygen atoms in total. The zero-order valence-corrected chi connectivity index (χ0v) is 15.4. The molecule has 1 N–H and O–H groups in total. The molecule has 26 heavy (non-hydrogen) atoms. The molecule has 0 spiro atoms. The van der Waals surface area contributed by atoms with Crippen molar-refractivity contribution in [3.8, 4) is 5.75 Å². The van der Waals surface area contributed by atoms with Crippen LogP contribution in [-0.4, -0.2) is 24.3 Å². The van der Waals surface area contributed by atoms with Crippen molar-refractivity contribution in [2.24, 2.45) is 5.10 Å². The number of anilines is 1. The van der Waals surface area contributed by atoms with Crippen LogP contribution in [0.15, 0.2) is 42.0 Å². The van der Waals surface area contributed by atoms with Gasteiger partial charge in [-0.1, -0.05) is 57.7 Å². The van der Waals surface area contributed by atoms with Gasteiger partial charge in [0.1, 0.15) is 17.3 Å². The van der Waals surface area contributed by atoms with Crippen molar-refractivity contribution < 1.29 is 14.3 Å².